The van der Waals surface area contributed by atoms with E-state index in [1.54, 1.807) is 5.01 Å². The Morgan fingerprint density at radius 1 is 1.25 bits per heavy atom. The highest BCUT2D eigenvalue weighted by molar-refractivity contribution is 5.96. The van der Waals surface area contributed by atoms with E-state index >= 15 is 0 Å². The first-order chi connectivity index (χ1) is 9.60. The fourth-order valence-corrected chi connectivity index (χ4v) is 2.90. The van der Waals surface area contributed by atoms with E-state index in [9.17, 15) is 4.79 Å². The molecule has 0 aromatic carbocycles. The van der Waals surface area contributed by atoms with Gasteiger partial charge in [-0.3, -0.25) is 4.79 Å². The lowest BCUT2D eigenvalue weighted by atomic mass is 9.89. The molecule has 0 aromatic heterocycles. The van der Waals surface area contributed by atoms with Gasteiger partial charge in [-0.1, -0.05) is 39.0 Å². The summed E-state index contributed by atoms with van der Waals surface area (Å²) in [6.45, 7) is 3.59. The van der Waals surface area contributed by atoms with Gasteiger partial charge in [0, 0.05) is 13.0 Å². The second kappa shape index (κ2) is 6.59. The van der Waals surface area contributed by atoms with Crippen LogP contribution in [-0.4, -0.2) is 29.5 Å². The van der Waals surface area contributed by atoms with Crippen LogP contribution in [0.4, 0.5) is 0 Å². The van der Waals surface area contributed by atoms with E-state index < -0.39 is 0 Å². The summed E-state index contributed by atoms with van der Waals surface area (Å²) in [6, 6.07) is 0. The third kappa shape index (κ3) is 3.33. The Hall–Kier alpha value is -1.07. The number of carbonyl (C=O) groups is 1. The van der Waals surface area contributed by atoms with Crippen molar-refractivity contribution in [2.24, 2.45) is 11.6 Å². The van der Waals surface area contributed by atoms with Crippen LogP contribution >= 0.6 is 0 Å². The third-order valence-electron chi connectivity index (χ3n) is 4.28. The van der Waals surface area contributed by atoms with Crippen molar-refractivity contribution < 1.29 is 9.53 Å². The molecular formula is C15H27N3O2. The molecule has 1 atom stereocenters. The SMILES string of the molecule is CCCCCCCCN(N)C1=C(N)C(=O)CCC12CO2. The van der Waals surface area contributed by atoms with Crippen LogP contribution in [0.2, 0.25) is 0 Å². The van der Waals surface area contributed by atoms with Gasteiger partial charge in [0.05, 0.1) is 18.0 Å². The monoisotopic (exact) mass is 281 g/mol. The number of ketones is 1. The van der Waals surface area contributed by atoms with Crippen LogP contribution in [0.15, 0.2) is 11.4 Å². The van der Waals surface area contributed by atoms with E-state index in [4.69, 9.17) is 16.3 Å². The first kappa shape index (κ1) is 15.3. The van der Waals surface area contributed by atoms with Gasteiger partial charge in [-0.05, 0) is 12.8 Å². The molecule has 1 unspecified atom stereocenters. The number of allylic oxidation sites excluding steroid dienone is 1. The Morgan fingerprint density at radius 3 is 2.55 bits per heavy atom. The molecule has 0 aromatic rings. The fourth-order valence-electron chi connectivity index (χ4n) is 2.90. The molecule has 1 fully saturated rings. The number of carbonyl (C=O) groups excluding carboxylic acids is 1. The first-order valence-electron chi connectivity index (χ1n) is 7.80. The molecule has 2 aliphatic rings. The van der Waals surface area contributed by atoms with Crippen LogP contribution in [0.3, 0.4) is 0 Å². The van der Waals surface area contributed by atoms with Gasteiger partial charge in [0.25, 0.3) is 0 Å². The maximum Gasteiger partial charge on any atom is 0.180 e. The van der Waals surface area contributed by atoms with Crippen LogP contribution in [0.1, 0.15) is 58.3 Å². The van der Waals surface area contributed by atoms with E-state index in [2.05, 4.69) is 6.92 Å². The van der Waals surface area contributed by atoms with Crippen molar-refractivity contribution in [3.05, 3.63) is 11.4 Å². The van der Waals surface area contributed by atoms with Gasteiger partial charge in [0.2, 0.25) is 0 Å². The molecular weight excluding hydrogens is 254 g/mol. The van der Waals surface area contributed by atoms with E-state index in [0.717, 1.165) is 18.7 Å². The zero-order chi connectivity index (χ0) is 14.6. The van der Waals surface area contributed by atoms with E-state index in [1.165, 1.54) is 32.1 Å². The molecule has 5 heteroatoms. The highest BCUT2D eigenvalue weighted by atomic mass is 16.6. The van der Waals surface area contributed by atoms with Gasteiger partial charge < -0.3 is 15.5 Å². The van der Waals surface area contributed by atoms with Crippen molar-refractivity contribution in [2.45, 2.75) is 63.9 Å². The predicted octanol–water partition coefficient (Wildman–Crippen LogP) is 1.82. The topological polar surface area (TPSA) is 84.9 Å². The normalized spacial score (nSPS) is 25.4. The number of hydrazine groups is 1. The van der Waals surface area contributed by atoms with E-state index in [1.807, 2.05) is 0 Å². The number of hydrogen-bond donors (Lipinski definition) is 2. The Kier molecular flexibility index (Phi) is 5.05. The van der Waals surface area contributed by atoms with Crippen LogP contribution in [-0.2, 0) is 9.53 Å². The van der Waals surface area contributed by atoms with Crippen LogP contribution in [0, 0.1) is 0 Å². The molecule has 1 aliphatic heterocycles. The predicted molar refractivity (Wildman–Crippen MR) is 78.4 cm³/mol. The molecule has 0 bridgehead atoms. The molecule has 0 saturated carbocycles. The minimum Gasteiger partial charge on any atom is -0.394 e. The smallest absolute Gasteiger partial charge is 0.180 e. The Bertz CT molecular complexity index is 389. The van der Waals surface area contributed by atoms with Crippen LogP contribution in [0.5, 0.6) is 0 Å². The second-order valence-electron chi connectivity index (χ2n) is 5.93. The number of ether oxygens (including phenoxy) is 1. The summed E-state index contributed by atoms with van der Waals surface area (Å²) in [5, 5.41) is 1.65. The maximum atomic E-state index is 11.8. The van der Waals surface area contributed by atoms with Gasteiger partial charge in [-0.2, -0.15) is 0 Å². The molecule has 5 nitrogen and oxygen atoms in total. The summed E-state index contributed by atoms with van der Waals surface area (Å²) in [5.74, 6) is 6.12. The van der Waals surface area contributed by atoms with Crippen molar-refractivity contribution in [2.75, 3.05) is 13.2 Å². The van der Waals surface area contributed by atoms with Crippen LogP contribution < -0.4 is 11.6 Å². The average molecular weight is 281 g/mol. The lowest BCUT2D eigenvalue weighted by Gasteiger charge is -2.31. The van der Waals surface area contributed by atoms with Crippen LogP contribution in [0.25, 0.3) is 0 Å². The molecule has 2 rings (SSSR count). The molecule has 0 radical (unpaired) electrons. The molecule has 0 amide bonds. The number of rotatable bonds is 8. The number of Topliss-reactive ketones (excluding diaryl/α,β-unsaturated/α-hetero) is 1. The lowest BCUT2D eigenvalue weighted by Crippen LogP contribution is -2.44. The molecule has 1 spiro atoms. The molecule has 1 aliphatic carbocycles. The van der Waals surface area contributed by atoms with Crippen molar-refractivity contribution in [3.8, 4) is 0 Å². The standard InChI is InChI=1S/C15H27N3O2/c1-2-3-4-5-6-7-10-18(17)14-13(16)12(19)8-9-15(14)11-20-15/h2-11,16-17H2,1H3. The molecule has 4 N–H and O–H groups in total. The van der Waals surface area contributed by atoms with Crippen molar-refractivity contribution in [1.29, 1.82) is 0 Å². The highest BCUT2D eigenvalue weighted by Crippen LogP contribution is 2.44. The summed E-state index contributed by atoms with van der Waals surface area (Å²) in [6.07, 6.45) is 8.48. The summed E-state index contributed by atoms with van der Waals surface area (Å²) in [5.41, 5.74) is 6.62. The number of nitrogens with zero attached hydrogens (tertiary/aromatic N) is 1. The lowest BCUT2D eigenvalue weighted by molar-refractivity contribution is -0.116. The van der Waals surface area contributed by atoms with Crippen molar-refractivity contribution in [3.63, 3.8) is 0 Å². The molecule has 1 heterocycles. The minimum atomic E-state index is -0.352. The fraction of sp³-hybridized carbons (Fsp3) is 0.800. The van der Waals surface area contributed by atoms with Gasteiger partial charge in [0.15, 0.2) is 5.78 Å². The second-order valence-corrected chi connectivity index (χ2v) is 5.93. The van der Waals surface area contributed by atoms with Crippen molar-refractivity contribution >= 4 is 5.78 Å². The van der Waals surface area contributed by atoms with E-state index in [0.29, 0.717) is 25.1 Å². The largest absolute Gasteiger partial charge is 0.394 e. The zero-order valence-electron chi connectivity index (χ0n) is 12.5. The number of unbranched alkanes of at least 4 members (excludes halogenated alkanes) is 5. The highest BCUT2D eigenvalue weighted by Gasteiger charge is 2.54. The Morgan fingerprint density at radius 2 is 1.90 bits per heavy atom. The number of epoxide rings is 1. The van der Waals surface area contributed by atoms with Gasteiger partial charge in [0.1, 0.15) is 5.60 Å². The summed E-state index contributed by atoms with van der Waals surface area (Å²) >= 11 is 0. The van der Waals surface area contributed by atoms with Gasteiger partial charge >= 0.3 is 0 Å². The summed E-state index contributed by atoms with van der Waals surface area (Å²) in [7, 11) is 0. The molecule has 114 valence electrons. The summed E-state index contributed by atoms with van der Waals surface area (Å²) in [4.78, 5) is 11.8. The van der Waals surface area contributed by atoms with Gasteiger partial charge in [-0.15, -0.1) is 0 Å². The molecule has 1 saturated heterocycles. The number of nitrogens with two attached hydrogens (primary N) is 2. The Balaban J connectivity index is 1.83. The van der Waals surface area contributed by atoms with Crippen molar-refractivity contribution in [1.82, 2.24) is 5.01 Å². The molecule has 20 heavy (non-hydrogen) atoms. The Labute approximate surface area is 121 Å². The quantitative estimate of drug-likeness (QED) is 0.307. The average Bonchev–Trinajstić information content (AvgIpc) is 3.19. The maximum absolute atomic E-state index is 11.8. The number of hydrogen-bond acceptors (Lipinski definition) is 5. The van der Waals surface area contributed by atoms with Gasteiger partial charge in [-0.25, -0.2) is 5.84 Å². The zero-order valence-corrected chi connectivity index (χ0v) is 12.5. The first-order valence-corrected chi connectivity index (χ1v) is 7.80. The van der Waals surface area contributed by atoms with E-state index in [-0.39, 0.29) is 11.4 Å². The third-order valence-corrected chi connectivity index (χ3v) is 4.28. The minimum absolute atomic E-state index is 0.000444. The summed E-state index contributed by atoms with van der Waals surface area (Å²) < 4.78 is 5.54.